The Morgan fingerprint density at radius 2 is 1.63 bits per heavy atom. The van der Waals surface area contributed by atoms with E-state index in [4.69, 9.17) is 4.98 Å². The van der Waals surface area contributed by atoms with Crippen molar-refractivity contribution in [1.82, 2.24) is 24.6 Å². The molecule has 0 aliphatic carbocycles. The summed E-state index contributed by atoms with van der Waals surface area (Å²) in [6.07, 6.45) is 4.16. The van der Waals surface area contributed by atoms with E-state index in [2.05, 4.69) is 39.1 Å². The quantitative estimate of drug-likeness (QED) is 0.831. The van der Waals surface area contributed by atoms with Crippen molar-refractivity contribution in [3.8, 4) is 0 Å². The summed E-state index contributed by atoms with van der Waals surface area (Å²) in [6.45, 7) is 9.81. The maximum Gasteiger partial charge on any atom is 0.110 e. The molecule has 3 aliphatic rings. The minimum absolute atomic E-state index is 0.703. The van der Waals surface area contributed by atoms with Crippen molar-refractivity contribution in [3.63, 3.8) is 0 Å². The summed E-state index contributed by atoms with van der Waals surface area (Å²) in [7, 11) is 4.40. The zero-order chi connectivity index (χ0) is 18.9. The van der Waals surface area contributed by atoms with Crippen molar-refractivity contribution in [2.24, 2.45) is 0 Å². The van der Waals surface area contributed by atoms with Crippen LogP contribution in [0.3, 0.4) is 0 Å². The van der Waals surface area contributed by atoms with E-state index in [1.54, 1.807) is 11.3 Å². The van der Waals surface area contributed by atoms with Crippen LogP contribution in [0.25, 0.3) is 0 Å². The van der Waals surface area contributed by atoms with Gasteiger partial charge < -0.3 is 19.8 Å². The second kappa shape index (κ2) is 8.43. The van der Waals surface area contributed by atoms with E-state index in [1.165, 1.54) is 25.9 Å². The molecule has 1 aromatic rings. The van der Waals surface area contributed by atoms with Gasteiger partial charge >= 0.3 is 0 Å². The molecule has 0 amide bonds. The zero-order valence-corrected chi connectivity index (χ0v) is 17.8. The maximum absolute atomic E-state index is 11.2. The first kappa shape index (κ1) is 19.7. The predicted octanol–water partition coefficient (Wildman–Crippen LogP) is 1.27. The molecule has 0 atom stereocenters. The van der Waals surface area contributed by atoms with E-state index in [0.29, 0.717) is 6.04 Å². The number of piperazine rings is 1. The van der Waals surface area contributed by atoms with Crippen molar-refractivity contribution in [2.45, 2.75) is 43.9 Å². The number of thiazole rings is 1. The molecule has 3 aliphatic heterocycles. The third-order valence-electron chi connectivity index (χ3n) is 6.81. The number of hydrogen-bond donors (Lipinski definition) is 1. The second-order valence-corrected chi connectivity index (χ2v) is 9.75. The molecule has 3 fully saturated rings. The van der Waals surface area contributed by atoms with Gasteiger partial charge in [-0.15, -0.1) is 11.3 Å². The Kier molecular flexibility index (Phi) is 6.16. The average molecular weight is 394 g/mol. The normalized spacial score (nSPS) is 27.2. The van der Waals surface area contributed by atoms with Crippen LogP contribution >= 0.6 is 11.3 Å². The van der Waals surface area contributed by atoms with Gasteiger partial charge in [0.1, 0.15) is 10.6 Å². The minimum atomic E-state index is -0.723. The molecule has 0 aromatic carbocycles. The van der Waals surface area contributed by atoms with Gasteiger partial charge in [0.25, 0.3) is 0 Å². The fraction of sp³-hybridized carbons (Fsp3) is 0.850. The molecule has 0 bridgehead atoms. The molecular formula is C20H35N5OS. The molecule has 6 nitrogen and oxygen atoms in total. The number of rotatable bonds is 4. The van der Waals surface area contributed by atoms with Crippen LogP contribution in [0.15, 0.2) is 5.38 Å². The first-order valence-corrected chi connectivity index (χ1v) is 11.4. The van der Waals surface area contributed by atoms with Crippen molar-refractivity contribution >= 4 is 11.3 Å². The molecule has 0 spiro atoms. The molecule has 1 N–H and O–H groups in total. The van der Waals surface area contributed by atoms with E-state index in [-0.39, 0.29) is 0 Å². The molecule has 0 saturated carbocycles. The Morgan fingerprint density at radius 3 is 2.30 bits per heavy atom. The summed E-state index contributed by atoms with van der Waals surface area (Å²) in [5, 5.41) is 14.5. The van der Waals surface area contributed by atoms with E-state index < -0.39 is 5.60 Å². The van der Waals surface area contributed by atoms with Crippen LogP contribution in [-0.4, -0.2) is 102 Å². The average Bonchev–Trinajstić information content (AvgIpc) is 3.15. The van der Waals surface area contributed by atoms with Crippen LogP contribution in [0.4, 0.5) is 0 Å². The van der Waals surface area contributed by atoms with Crippen molar-refractivity contribution < 1.29 is 5.11 Å². The number of nitrogens with zero attached hydrogens (tertiary/aromatic N) is 5. The highest BCUT2D eigenvalue weighted by molar-refractivity contribution is 7.09. The number of piperidine rings is 2. The van der Waals surface area contributed by atoms with Crippen molar-refractivity contribution in [2.75, 3.05) is 66.5 Å². The molecule has 152 valence electrons. The van der Waals surface area contributed by atoms with Gasteiger partial charge in [0.15, 0.2) is 0 Å². The fourth-order valence-electron chi connectivity index (χ4n) is 4.67. The number of aromatic nitrogens is 1. The number of likely N-dealkylation sites (N-methyl/N-ethyl adjacent to an activating group) is 1. The van der Waals surface area contributed by atoms with E-state index >= 15 is 0 Å². The topological polar surface area (TPSA) is 46.1 Å². The molecule has 27 heavy (non-hydrogen) atoms. The largest absolute Gasteiger partial charge is 0.383 e. The second-order valence-electron chi connectivity index (χ2n) is 8.81. The lowest BCUT2D eigenvalue weighted by Gasteiger charge is -2.43. The first-order valence-electron chi connectivity index (χ1n) is 10.5. The van der Waals surface area contributed by atoms with Gasteiger partial charge in [-0.1, -0.05) is 0 Å². The zero-order valence-electron chi connectivity index (χ0n) is 16.9. The summed E-state index contributed by atoms with van der Waals surface area (Å²) in [5.74, 6) is 0. The molecule has 7 heteroatoms. The highest BCUT2D eigenvalue weighted by Gasteiger charge is 2.38. The molecular weight excluding hydrogens is 358 g/mol. The third kappa shape index (κ3) is 4.71. The van der Waals surface area contributed by atoms with Gasteiger partial charge in [-0.05, 0) is 52.9 Å². The molecule has 4 heterocycles. The lowest BCUT2D eigenvalue weighted by atomic mass is 9.87. The fourth-order valence-corrected chi connectivity index (χ4v) is 5.60. The van der Waals surface area contributed by atoms with Crippen LogP contribution in [0.5, 0.6) is 0 Å². The molecule has 0 radical (unpaired) electrons. The predicted molar refractivity (Wildman–Crippen MR) is 110 cm³/mol. The van der Waals surface area contributed by atoms with E-state index in [9.17, 15) is 5.11 Å². The summed E-state index contributed by atoms with van der Waals surface area (Å²) >= 11 is 1.72. The van der Waals surface area contributed by atoms with E-state index in [1.807, 2.05) is 0 Å². The van der Waals surface area contributed by atoms with Gasteiger partial charge in [-0.2, -0.15) is 0 Å². The number of aliphatic hydroxyl groups is 1. The Bertz CT molecular complexity index is 599. The van der Waals surface area contributed by atoms with Crippen molar-refractivity contribution in [1.29, 1.82) is 0 Å². The standard InChI is InChI=1S/C20H35N5OS/c1-22-7-3-17(4-8-22)25-9-5-20(26,6-10-25)18-16-27-19(21-18)15-24-13-11-23(2)12-14-24/h16-17,26H,3-15H2,1-2H3. The summed E-state index contributed by atoms with van der Waals surface area (Å²) < 4.78 is 0. The number of hydrogen-bond acceptors (Lipinski definition) is 7. The molecule has 3 saturated heterocycles. The Labute approximate surface area is 167 Å². The highest BCUT2D eigenvalue weighted by Crippen LogP contribution is 2.35. The number of likely N-dealkylation sites (tertiary alicyclic amines) is 2. The molecule has 1 aromatic heterocycles. The smallest absolute Gasteiger partial charge is 0.110 e. The van der Waals surface area contributed by atoms with Gasteiger partial charge in [-0.25, -0.2) is 4.98 Å². The summed E-state index contributed by atoms with van der Waals surface area (Å²) in [6, 6.07) is 0.703. The van der Waals surface area contributed by atoms with Crippen LogP contribution in [0.2, 0.25) is 0 Å². The van der Waals surface area contributed by atoms with Crippen LogP contribution in [0, 0.1) is 0 Å². The van der Waals surface area contributed by atoms with Gasteiger partial charge in [0.05, 0.1) is 12.2 Å². The Balaban J connectivity index is 1.30. The SMILES string of the molecule is CN1CCC(N2CCC(O)(c3csc(CN4CCN(C)CC4)n3)CC2)CC1. The lowest BCUT2D eigenvalue weighted by Crippen LogP contribution is -2.50. The van der Waals surface area contributed by atoms with Gasteiger partial charge in [0.2, 0.25) is 0 Å². The first-order chi connectivity index (χ1) is 13.0. The lowest BCUT2D eigenvalue weighted by molar-refractivity contribution is -0.0440. The van der Waals surface area contributed by atoms with E-state index in [0.717, 1.165) is 69.4 Å². The Morgan fingerprint density at radius 1 is 1.00 bits per heavy atom. The summed E-state index contributed by atoms with van der Waals surface area (Å²) in [5.41, 5.74) is 0.193. The maximum atomic E-state index is 11.2. The molecule has 4 rings (SSSR count). The van der Waals surface area contributed by atoms with Crippen LogP contribution in [0.1, 0.15) is 36.4 Å². The van der Waals surface area contributed by atoms with Crippen LogP contribution in [-0.2, 0) is 12.1 Å². The van der Waals surface area contributed by atoms with Crippen molar-refractivity contribution in [3.05, 3.63) is 16.1 Å². The monoisotopic (exact) mass is 393 g/mol. The summed E-state index contributed by atoms with van der Waals surface area (Å²) in [4.78, 5) is 14.8. The van der Waals surface area contributed by atoms with Crippen LogP contribution < -0.4 is 0 Å². The molecule has 0 unspecified atom stereocenters. The minimum Gasteiger partial charge on any atom is -0.383 e. The Hall–Kier alpha value is -0.570. The third-order valence-corrected chi connectivity index (χ3v) is 7.65. The van der Waals surface area contributed by atoms with Gasteiger partial charge in [-0.3, -0.25) is 4.90 Å². The van der Waals surface area contributed by atoms with Gasteiger partial charge in [0, 0.05) is 50.7 Å². The highest BCUT2D eigenvalue weighted by atomic mass is 32.1.